The molecule has 2 amide bonds. The number of carbonyl (C=O) groups excluding carboxylic acids is 2. The van der Waals surface area contributed by atoms with Gasteiger partial charge in [-0.2, -0.15) is 0 Å². The minimum absolute atomic E-state index is 0.0593. The number of nitrogens with one attached hydrogen (secondary N) is 1. The Labute approximate surface area is 191 Å². The molecule has 4 atom stereocenters. The summed E-state index contributed by atoms with van der Waals surface area (Å²) >= 11 is 0.876. The number of benzene rings is 1. The third kappa shape index (κ3) is 5.33. The van der Waals surface area contributed by atoms with Gasteiger partial charge in [-0.15, -0.1) is 0 Å². The van der Waals surface area contributed by atoms with Crippen molar-refractivity contribution in [3.05, 3.63) is 35.7 Å². The molecule has 1 aromatic heterocycles. The molecule has 2 fully saturated rings. The van der Waals surface area contributed by atoms with Crippen molar-refractivity contribution in [2.75, 3.05) is 7.11 Å². The summed E-state index contributed by atoms with van der Waals surface area (Å²) in [7, 11) is 1.62. The number of hydrogen-bond acceptors (Lipinski definition) is 8. The molecule has 8 nitrogen and oxygen atoms in total. The second kappa shape index (κ2) is 10.1. The van der Waals surface area contributed by atoms with E-state index in [-0.39, 0.29) is 17.3 Å². The van der Waals surface area contributed by atoms with Gasteiger partial charge in [-0.05, 0) is 62.1 Å². The topological polar surface area (TPSA) is 111 Å². The van der Waals surface area contributed by atoms with Crippen molar-refractivity contribution in [3.63, 3.8) is 0 Å². The summed E-state index contributed by atoms with van der Waals surface area (Å²) in [5.74, 6) is 1.85. The van der Waals surface area contributed by atoms with Gasteiger partial charge >= 0.3 is 0 Å². The van der Waals surface area contributed by atoms with E-state index < -0.39 is 17.3 Å². The summed E-state index contributed by atoms with van der Waals surface area (Å²) in [6.07, 6.45) is 3.45. The zero-order valence-electron chi connectivity index (χ0n) is 18.2. The monoisotopic (exact) mass is 460 g/mol. The molecule has 1 aromatic carbocycles. The lowest BCUT2D eigenvalue weighted by Crippen LogP contribution is -2.35. The number of thioether (sulfide) groups is 1. The van der Waals surface area contributed by atoms with Gasteiger partial charge in [-0.25, -0.2) is 4.98 Å². The molecule has 4 unspecified atom stereocenters. The maximum atomic E-state index is 11.8. The molecule has 1 aliphatic carbocycles. The highest BCUT2D eigenvalue weighted by Gasteiger charge is 2.38. The Morgan fingerprint density at radius 2 is 2.19 bits per heavy atom. The molecule has 1 saturated carbocycles. The van der Waals surface area contributed by atoms with Gasteiger partial charge in [0.15, 0.2) is 0 Å². The SMILES string of the molecule is COc1cccc(-c2nc(COC3CCCC(CC(O)C4SC(=O)NC4=O)C3)c(C)o2)c1. The molecule has 1 saturated heterocycles. The lowest BCUT2D eigenvalue weighted by Gasteiger charge is -2.31. The highest BCUT2D eigenvalue weighted by atomic mass is 32.2. The fraction of sp³-hybridized carbons (Fsp3) is 0.522. The van der Waals surface area contributed by atoms with Crippen molar-refractivity contribution in [2.45, 2.75) is 63.1 Å². The Morgan fingerprint density at radius 3 is 2.94 bits per heavy atom. The number of aliphatic hydroxyl groups excluding tert-OH is 1. The molecule has 2 aliphatic rings. The first-order chi connectivity index (χ1) is 15.4. The summed E-state index contributed by atoms with van der Waals surface area (Å²) in [4.78, 5) is 27.8. The van der Waals surface area contributed by atoms with E-state index in [1.807, 2.05) is 31.2 Å². The second-order valence-electron chi connectivity index (χ2n) is 8.34. The lowest BCUT2D eigenvalue weighted by atomic mass is 9.83. The van der Waals surface area contributed by atoms with Crippen LogP contribution in [-0.2, 0) is 16.1 Å². The largest absolute Gasteiger partial charge is 0.497 e. The first kappa shape index (κ1) is 22.8. The van der Waals surface area contributed by atoms with Gasteiger partial charge in [0, 0.05) is 5.56 Å². The fourth-order valence-corrected chi connectivity index (χ4v) is 5.16. The van der Waals surface area contributed by atoms with Crippen LogP contribution in [0.2, 0.25) is 0 Å². The average Bonchev–Trinajstić information content (AvgIpc) is 3.33. The number of aryl methyl sites for hydroxylation is 1. The minimum atomic E-state index is -0.835. The maximum absolute atomic E-state index is 11.8. The zero-order valence-corrected chi connectivity index (χ0v) is 19.0. The predicted molar refractivity (Wildman–Crippen MR) is 119 cm³/mol. The van der Waals surface area contributed by atoms with Crippen LogP contribution in [0, 0.1) is 12.8 Å². The van der Waals surface area contributed by atoms with Crippen LogP contribution in [0.3, 0.4) is 0 Å². The van der Waals surface area contributed by atoms with Crippen molar-refractivity contribution >= 4 is 22.9 Å². The van der Waals surface area contributed by atoms with Crippen molar-refractivity contribution in [1.29, 1.82) is 0 Å². The molecule has 4 rings (SSSR count). The fourth-order valence-electron chi connectivity index (χ4n) is 4.33. The third-order valence-corrected chi connectivity index (χ3v) is 7.14. The van der Waals surface area contributed by atoms with Crippen molar-refractivity contribution < 1.29 is 28.6 Å². The number of nitrogens with zero attached hydrogens (tertiary/aromatic N) is 1. The van der Waals surface area contributed by atoms with E-state index in [4.69, 9.17) is 13.9 Å². The molecule has 2 aromatic rings. The zero-order chi connectivity index (χ0) is 22.7. The van der Waals surface area contributed by atoms with Crippen LogP contribution in [0.4, 0.5) is 4.79 Å². The lowest BCUT2D eigenvalue weighted by molar-refractivity contribution is -0.120. The molecule has 0 bridgehead atoms. The van der Waals surface area contributed by atoms with E-state index in [1.54, 1.807) is 7.11 Å². The van der Waals surface area contributed by atoms with Crippen LogP contribution in [0.5, 0.6) is 5.75 Å². The van der Waals surface area contributed by atoms with Crippen molar-refractivity contribution in [3.8, 4) is 17.2 Å². The van der Waals surface area contributed by atoms with Crippen LogP contribution in [0.25, 0.3) is 11.5 Å². The van der Waals surface area contributed by atoms with Crippen LogP contribution < -0.4 is 10.1 Å². The minimum Gasteiger partial charge on any atom is -0.497 e. The first-order valence-corrected chi connectivity index (χ1v) is 11.7. The highest BCUT2D eigenvalue weighted by Crippen LogP contribution is 2.34. The number of carbonyl (C=O) groups is 2. The maximum Gasteiger partial charge on any atom is 0.286 e. The van der Waals surface area contributed by atoms with Gasteiger partial charge in [0.05, 0.1) is 25.9 Å². The predicted octanol–water partition coefficient (Wildman–Crippen LogP) is 3.84. The second-order valence-corrected chi connectivity index (χ2v) is 9.45. The summed E-state index contributed by atoms with van der Waals surface area (Å²) < 4.78 is 17.3. The summed E-state index contributed by atoms with van der Waals surface area (Å²) in [5.41, 5.74) is 1.61. The Kier molecular flexibility index (Phi) is 7.17. The van der Waals surface area contributed by atoms with E-state index in [9.17, 15) is 14.7 Å². The third-order valence-electron chi connectivity index (χ3n) is 6.04. The number of aliphatic hydroxyl groups is 1. The molecular weight excluding hydrogens is 432 g/mol. The molecule has 32 heavy (non-hydrogen) atoms. The van der Waals surface area contributed by atoms with E-state index in [0.717, 1.165) is 60.2 Å². The van der Waals surface area contributed by atoms with Crippen molar-refractivity contribution in [1.82, 2.24) is 10.3 Å². The standard InChI is InChI=1S/C23H28N2O6S/c1-13-18(24-22(31-13)15-6-4-7-16(11-15)29-2)12-30-17-8-3-5-14(9-17)10-19(26)20-21(27)25-23(28)32-20/h4,6-7,11,14,17,19-20,26H,3,5,8-10,12H2,1-2H3,(H,25,27,28). The van der Waals surface area contributed by atoms with Crippen LogP contribution in [0.15, 0.2) is 28.7 Å². The Bertz CT molecular complexity index is 977. The molecule has 2 N–H and O–H groups in total. The van der Waals surface area contributed by atoms with Gasteiger partial charge < -0.3 is 19.0 Å². The Morgan fingerprint density at radius 1 is 1.34 bits per heavy atom. The quantitative estimate of drug-likeness (QED) is 0.611. The van der Waals surface area contributed by atoms with Crippen LogP contribution in [-0.4, -0.2) is 45.8 Å². The Balaban J connectivity index is 1.31. The molecule has 0 radical (unpaired) electrons. The number of methoxy groups -OCH3 is 1. The van der Waals surface area contributed by atoms with E-state index in [0.29, 0.717) is 18.9 Å². The number of hydrogen-bond donors (Lipinski definition) is 2. The van der Waals surface area contributed by atoms with Gasteiger partial charge in [-0.1, -0.05) is 18.9 Å². The number of ether oxygens (including phenoxy) is 2. The Hall–Kier alpha value is -2.36. The molecule has 0 spiro atoms. The summed E-state index contributed by atoms with van der Waals surface area (Å²) in [6.45, 7) is 2.23. The van der Waals surface area contributed by atoms with E-state index >= 15 is 0 Å². The molecule has 1 aliphatic heterocycles. The summed E-state index contributed by atoms with van der Waals surface area (Å²) in [6, 6.07) is 7.56. The van der Waals surface area contributed by atoms with Gasteiger partial charge in [0.2, 0.25) is 11.8 Å². The average molecular weight is 461 g/mol. The van der Waals surface area contributed by atoms with E-state index in [2.05, 4.69) is 10.3 Å². The molecular formula is C23H28N2O6S. The first-order valence-electron chi connectivity index (χ1n) is 10.8. The van der Waals surface area contributed by atoms with Gasteiger partial charge in [-0.3, -0.25) is 14.9 Å². The summed E-state index contributed by atoms with van der Waals surface area (Å²) in [5, 5.41) is 11.6. The smallest absolute Gasteiger partial charge is 0.286 e. The normalized spacial score (nSPS) is 24.4. The van der Waals surface area contributed by atoms with Crippen LogP contribution >= 0.6 is 11.8 Å². The number of imide groups is 1. The van der Waals surface area contributed by atoms with Crippen molar-refractivity contribution in [2.24, 2.45) is 5.92 Å². The number of aromatic nitrogens is 1. The molecule has 9 heteroatoms. The van der Waals surface area contributed by atoms with Gasteiger partial charge in [0.25, 0.3) is 5.24 Å². The highest BCUT2D eigenvalue weighted by molar-refractivity contribution is 8.15. The number of oxazole rings is 1. The number of amides is 2. The number of rotatable bonds is 8. The molecule has 2 heterocycles. The molecule has 172 valence electrons. The van der Waals surface area contributed by atoms with Crippen LogP contribution in [0.1, 0.15) is 43.6 Å². The van der Waals surface area contributed by atoms with E-state index in [1.165, 1.54) is 0 Å². The van der Waals surface area contributed by atoms with Gasteiger partial charge in [0.1, 0.15) is 22.5 Å².